The Bertz CT molecular complexity index is 523. The molecule has 1 heterocycles. The fourth-order valence-electron chi connectivity index (χ4n) is 2.13. The molecule has 1 N–H and O–H groups in total. The minimum absolute atomic E-state index is 0.387. The summed E-state index contributed by atoms with van der Waals surface area (Å²) in [5.74, 6) is -0.886. The maximum atomic E-state index is 11.9. The number of amides is 1. The Morgan fingerprint density at radius 1 is 1.32 bits per heavy atom. The molecule has 1 aliphatic heterocycles. The van der Waals surface area contributed by atoms with Crippen LogP contribution in [0, 0.1) is 0 Å². The van der Waals surface area contributed by atoms with Crippen LogP contribution < -0.4 is 10.2 Å². The molecule has 1 aromatic carbocycles. The van der Waals surface area contributed by atoms with Gasteiger partial charge in [-0.25, -0.2) is 0 Å². The molecular formula is C15H18N2O2. The minimum Gasteiger partial charge on any atom is -0.313 e. The van der Waals surface area contributed by atoms with Gasteiger partial charge in [0.05, 0.1) is 11.3 Å². The van der Waals surface area contributed by atoms with Gasteiger partial charge in [0.15, 0.2) is 0 Å². The Balaban J connectivity index is 2.07. The number of carbonyl (C=O) groups excluding carboxylic acids is 2. The third kappa shape index (κ3) is 2.74. The van der Waals surface area contributed by atoms with E-state index in [2.05, 4.69) is 18.8 Å². The fourth-order valence-corrected chi connectivity index (χ4v) is 2.13. The number of para-hydroxylation sites is 1. The van der Waals surface area contributed by atoms with Gasteiger partial charge < -0.3 is 10.2 Å². The van der Waals surface area contributed by atoms with Crippen molar-refractivity contribution in [3.05, 3.63) is 42.0 Å². The summed E-state index contributed by atoms with van der Waals surface area (Å²) < 4.78 is 0. The van der Waals surface area contributed by atoms with Crippen molar-refractivity contribution in [1.82, 2.24) is 5.32 Å². The van der Waals surface area contributed by atoms with Crippen LogP contribution in [0.2, 0.25) is 0 Å². The number of hydrogen-bond donors (Lipinski definition) is 1. The highest BCUT2D eigenvalue weighted by Gasteiger charge is 2.35. The SMILES string of the molecule is C=C(CNCCC)CN1C(=O)C(=O)c2ccccc21. The van der Waals surface area contributed by atoms with Crippen molar-refractivity contribution in [3.8, 4) is 0 Å². The predicted octanol–water partition coefficient (Wildman–Crippen LogP) is 1.77. The van der Waals surface area contributed by atoms with Gasteiger partial charge in [-0.3, -0.25) is 9.59 Å². The average molecular weight is 258 g/mol. The second-order valence-electron chi connectivity index (χ2n) is 4.66. The van der Waals surface area contributed by atoms with Crippen LogP contribution in [0.3, 0.4) is 0 Å². The molecule has 0 atom stereocenters. The molecule has 2 rings (SSSR count). The summed E-state index contributed by atoms with van der Waals surface area (Å²) >= 11 is 0. The number of nitrogens with one attached hydrogen (secondary N) is 1. The Morgan fingerprint density at radius 3 is 2.79 bits per heavy atom. The molecule has 4 heteroatoms. The Labute approximate surface area is 113 Å². The highest BCUT2D eigenvalue weighted by molar-refractivity contribution is 6.52. The van der Waals surface area contributed by atoms with E-state index in [0.29, 0.717) is 24.3 Å². The smallest absolute Gasteiger partial charge is 0.299 e. The van der Waals surface area contributed by atoms with Gasteiger partial charge in [-0.2, -0.15) is 0 Å². The molecule has 0 aliphatic carbocycles. The number of nitrogens with zero attached hydrogens (tertiary/aromatic N) is 1. The third-order valence-corrected chi connectivity index (χ3v) is 3.06. The lowest BCUT2D eigenvalue weighted by atomic mass is 10.1. The maximum Gasteiger partial charge on any atom is 0.299 e. The minimum atomic E-state index is -0.460. The number of ketones is 1. The van der Waals surface area contributed by atoms with E-state index in [0.717, 1.165) is 18.5 Å². The molecule has 0 fully saturated rings. The largest absolute Gasteiger partial charge is 0.313 e. The van der Waals surface area contributed by atoms with E-state index >= 15 is 0 Å². The van der Waals surface area contributed by atoms with Crippen molar-refractivity contribution < 1.29 is 9.59 Å². The summed E-state index contributed by atoms with van der Waals surface area (Å²) in [7, 11) is 0. The molecular weight excluding hydrogens is 240 g/mol. The summed E-state index contributed by atoms with van der Waals surface area (Å²) in [6.45, 7) is 8.01. The van der Waals surface area contributed by atoms with Crippen LogP contribution in [-0.4, -0.2) is 31.3 Å². The number of Topliss-reactive ketones (excluding diaryl/α,β-unsaturated/α-hetero) is 1. The van der Waals surface area contributed by atoms with E-state index in [9.17, 15) is 9.59 Å². The lowest BCUT2D eigenvalue weighted by Gasteiger charge is -2.18. The molecule has 1 amide bonds. The maximum absolute atomic E-state index is 11.9. The van der Waals surface area contributed by atoms with Gasteiger partial charge in [0, 0.05) is 13.1 Å². The molecule has 100 valence electrons. The third-order valence-electron chi connectivity index (χ3n) is 3.06. The molecule has 0 spiro atoms. The van der Waals surface area contributed by atoms with Crippen LogP contribution in [0.15, 0.2) is 36.4 Å². The van der Waals surface area contributed by atoms with Gasteiger partial charge >= 0.3 is 0 Å². The summed E-state index contributed by atoms with van der Waals surface area (Å²) in [6.07, 6.45) is 1.05. The van der Waals surface area contributed by atoms with Crippen LogP contribution >= 0.6 is 0 Å². The molecule has 0 radical (unpaired) electrons. The van der Waals surface area contributed by atoms with E-state index in [1.54, 1.807) is 18.2 Å². The zero-order valence-corrected chi connectivity index (χ0v) is 11.1. The summed E-state index contributed by atoms with van der Waals surface area (Å²) in [5, 5.41) is 3.24. The van der Waals surface area contributed by atoms with Crippen molar-refractivity contribution in [2.75, 3.05) is 24.5 Å². The Kier molecular flexibility index (Phi) is 4.12. The second-order valence-corrected chi connectivity index (χ2v) is 4.66. The second kappa shape index (κ2) is 5.80. The standard InChI is InChI=1S/C15H18N2O2/c1-3-8-16-9-11(2)10-17-13-7-5-4-6-12(13)14(18)15(17)19/h4-7,16H,2-3,8-10H2,1H3. The number of rotatable bonds is 6. The fraction of sp³-hybridized carbons (Fsp3) is 0.333. The molecule has 1 aromatic rings. The van der Waals surface area contributed by atoms with Gasteiger partial charge in [-0.15, -0.1) is 0 Å². The molecule has 0 saturated carbocycles. The van der Waals surface area contributed by atoms with E-state index < -0.39 is 11.7 Å². The van der Waals surface area contributed by atoms with Crippen LogP contribution in [0.25, 0.3) is 0 Å². The number of fused-ring (bicyclic) bond motifs is 1. The van der Waals surface area contributed by atoms with Crippen LogP contribution in [0.5, 0.6) is 0 Å². The topological polar surface area (TPSA) is 49.4 Å². The quantitative estimate of drug-likeness (QED) is 0.480. The van der Waals surface area contributed by atoms with Crippen molar-refractivity contribution >= 4 is 17.4 Å². The zero-order chi connectivity index (χ0) is 13.8. The van der Waals surface area contributed by atoms with Crippen molar-refractivity contribution in [3.63, 3.8) is 0 Å². The van der Waals surface area contributed by atoms with E-state index in [1.165, 1.54) is 4.90 Å². The lowest BCUT2D eigenvalue weighted by Crippen LogP contribution is -2.33. The summed E-state index contributed by atoms with van der Waals surface area (Å²) in [6, 6.07) is 7.08. The normalized spacial score (nSPS) is 13.8. The monoisotopic (exact) mass is 258 g/mol. The van der Waals surface area contributed by atoms with Crippen LogP contribution in [0.4, 0.5) is 5.69 Å². The van der Waals surface area contributed by atoms with Gasteiger partial charge in [-0.05, 0) is 30.7 Å². The molecule has 4 nitrogen and oxygen atoms in total. The van der Waals surface area contributed by atoms with Crippen LogP contribution in [-0.2, 0) is 4.79 Å². The highest BCUT2D eigenvalue weighted by atomic mass is 16.2. The van der Waals surface area contributed by atoms with Crippen molar-refractivity contribution in [2.24, 2.45) is 0 Å². The van der Waals surface area contributed by atoms with E-state index in [-0.39, 0.29) is 0 Å². The van der Waals surface area contributed by atoms with Gasteiger partial charge in [0.2, 0.25) is 0 Å². The molecule has 0 unspecified atom stereocenters. The van der Waals surface area contributed by atoms with Crippen molar-refractivity contribution in [2.45, 2.75) is 13.3 Å². The molecule has 19 heavy (non-hydrogen) atoms. The van der Waals surface area contributed by atoms with Gasteiger partial charge in [-0.1, -0.05) is 25.6 Å². The first kappa shape index (κ1) is 13.5. The molecule has 0 aromatic heterocycles. The van der Waals surface area contributed by atoms with Gasteiger partial charge in [0.1, 0.15) is 0 Å². The first-order valence-electron chi connectivity index (χ1n) is 6.47. The lowest BCUT2D eigenvalue weighted by molar-refractivity contribution is -0.114. The Hall–Kier alpha value is -1.94. The van der Waals surface area contributed by atoms with E-state index in [1.807, 2.05) is 6.07 Å². The zero-order valence-electron chi connectivity index (χ0n) is 11.1. The predicted molar refractivity (Wildman–Crippen MR) is 75.4 cm³/mol. The number of benzene rings is 1. The highest BCUT2D eigenvalue weighted by Crippen LogP contribution is 2.28. The van der Waals surface area contributed by atoms with Gasteiger partial charge in [0.25, 0.3) is 11.7 Å². The Morgan fingerprint density at radius 2 is 2.05 bits per heavy atom. The number of anilines is 1. The molecule has 0 bridgehead atoms. The molecule has 0 saturated heterocycles. The summed E-state index contributed by atoms with van der Waals surface area (Å²) in [5.41, 5.74) is 2.07. The first-order chi connectivity index (χ1) is 9.15. The molecule has 1 aliphatic rings. The first-order valence-corrected chi connectivity index (χ1v) is 6.47. The van der Waals surface area contributed by atoms with Crippen LogP contribution in [0.1, 0.15) is 23.7 Å². The summed E-state index contributed by atoms with van der Waals surface area (Å²) in [4.78, 5) is 25.3. The van der Waals surface area contributed by atoms with Crippen molar-refractivity contribution in [1.29, 1.82) is 0 Å². The average Bonchev–Trinajstić information content (AvgIpc) is 2.65. The number of hydrogen-bond acceptors (Lipinski definition) is 3. The number of carbonyl (C=O) groups is 2. The van der Waals surface area contributed by atoms with E-state index in [4.69, 9.17) is 0 Å².